The van der Waals surface area contributed by atoms with Gasteiger partial charge in [0.05, 0.1) is 16.6 Å². The Morgan fingerprint density at radius 1 is 1.30 bits per heavy atom. The van der Waals surface area contributed by atoms with Crippen molar-refractivity contribution in [2.45, 2.75) is 33.2 Å². The molecule has 0 saturated heterocycles. The number of ether oxygens (including phenoxy) is 1. The number of carbonyl (C=O) groups is 2. The molecule has 0 atom stereocenters. The molecule has 9 nitrogen and oxygen atoms in total. The maximum absolute atomic E-state index is 11.8. The minimum Gasteiger partial charge on any atom is -0.434 e. The molecule has 1 aromatic heterocycles. The third-order valence-electron chi connectivity index (χ3n) is 3.73. The van der Waals surface area contributed by atoms with Crippen molar-refractivity contribution in [3.05, 3.63) is 49.7 Å². The first kappa shape index (κ1) is 23.1. The van der Waals surface area contributed by atoms with Crippen LogP contribution in [0.3, 0.4) is 0 Å². The van der Waals surface area contributed by atoms with Crippen molar-refractivity contribution in [3.8, 4) is 17.7 Å². The Balaban J connectivity index is 2.26. The fraction of sp³-hybridized carbons (Fsp3) is 0.263. The van der Waals surface area contributed by atoms with Gasteiger partial charge in [0.1, 0.15) is 6.07 Å². The smallest absolute Gasteiger partial charge is 0.286 e. The number of rotatable bonds is 6. The molecule has 156 valence electrons. The first-order chi connectivity index (χ1) is 14.1. The van der Waals surface area contributed by atoms with Crippen LogP contribution < -0.4 is 15.6 Å². The van der Waals surface area contributed by atoms with Gasteiger partial charge in [-0.05, 0) is 23.6 Å². The molecule has 0 radical (unpaired) electrons. The molecule has 0 bridgehead atoms. The molecular formula is C19H17Cl2N5O4. The molecule has 2 rings (SSSR count). The minimum absolute atomic E-state index is 0.0418. The second-order valence-corrected chi connectivity index (χ2v) is 7.24. The third-order valence-corrected chi connectivity index (χ3v) is 4.29. The molecule has 0 saturated carbocycles. The van der Waals surface area contributed by atoms with Crippen LogP contribution in [0.25, 0.3) is 0 Å². The van der Waals surface area contributed by atoms with E-state index in [9.17, 15) is 14.4 Å². The van der Waals surface area contributed by atoms with E-state index in [1.165, 1.54) is 18.2 Å². The molecule has 30 heavy (non-hydrogen) atoms. The van der Waals surface area contributed by atoms with Crippen molar-refractivity contribution in [2.24, 2.45) is 4.99 Å². The van der Waals surface area contributed by atoms with E-state index in [1.807, 2.05) is 19.2 Å². The topological polar surface area (TPSA) is 137 Å². The van der Waals surface area contributed by atoms with Crippen molar-refractivity contribution in [2.75, 3.05) is 0 Å². The molecule has 2 aromatic rings. The summed E-state index contributed by atoms with van der Waals surface area (Å²) in [5.74, 6) is -1.31. The van der Waals surface area contributed by atoms with E-state index in [-0.39, 0.29) is 39.7 Å². The summed E-state index contributed by atoms with van der Waals surface area (Å²) in [6, 6.07) is 6.13. The lowest BCUT2D eigenvalue weighted by atomic mass is 10.1. The summed E-state index contributed by atoms with van der Waals surface area (Å²) in [6.07, 6.45) is 0. The maximum Gasteiger partial charge on any atom is 0.286 e. The van der Waals surface area contributed by atoms with Gasteiger partial charge in [-0.15, -0.1) is 5.10 Å². The van der Waals surface area contributed by atoms with Crippen LogP contribution in [0.5, 0.6) is 11.6 Å². The number of nitrogens with zero attached hydrogens (tertiary/aromatic N) is 3. The van der Waals surface area contributed by atoms with Crippen molar-refractivity contribution < 1.29 is 14.3 Å². The Labute approximate surface area is 181 Å². The van der Waals surface area contributed by atoms with Crippen molar-refractivity contribution in [3.63, 3.8) is 0 Å². The Morgan fingerprint density at radius 2 is 1.93 bits per heavy atom. The van der Waals surface area contributed by atoms with E-state index in [0.29, 0.717) is 11.1 Å². The second-order valence-electron chi connectivity index (χ2n) is 6.42. The zero-order chi connectivity index (χ0) is 22.4. The summed E-state index contributed by atoms with van der Waals surface area (Å²) >= 11 is 12.5. The number of H-pyrrole nitrogens is 1. The van der Waals surface area contributed by atoms with E-state index in [1.54, 1.807) is 6.07 Å². The lowest BCUT2D eigenvalue weighted by Crippen LogP contribution is -2.33. The summed E-state index contributed by atoms with van der Waals surface area (Å²) < 4.78 is 5.63. The molecule has 11 heteroatoms. The van der Waals surface area contributed by atoms with Gasteiger partial charge in [0.15, 0.2) is 5.75 Å². The number of aromatic amines is 1. The number of nitriles is 1. The van der Waals surface area contributed by atoms with E-state index >= 15 is 0 Å². The zero-order valence-electron chi connectivity index (χ0n) is 16.2. The zero-order valence-corrected chi connectivity index (χ0v) is 17.8. The van der Waals surface area contributed by atoms with E-state index in [0.717, 1.165) is 6.92 Å². The molecule has 0 aliphatic carbocycles. The van der Waals surface area contributed by atoms with E-state index in [4.69, 9.17) is 33.2 Å². The number of benzene rings is 1. The summed E-state index contributed by atoms with van der Waals surface area (Å²) in [7, 11) is 0. The average Bonchev–Trinajstić information content (AvgIpc) is 2.65. The van der Waals surface area contributed by atoms with Crippen molar-refractivity contribution in [1.82, 2.24) is 15.5 Å². The van der Waals surface area contributed by atoms with Crippen LogP contribution in [-0.2, 0) is 16.1 Å². The lowest BCUT2D eigenvalue weighted by Gasteiger charge is -2.11. The van der Waals surface area contributed by atoms with Gasteiger partial charge in [0, 0.05) is 18.6 Å². The number of imide groups is 1. The van der Waals surface area contributed by atoms with Gasteiger partial charge in [-0.1, -0.05) is 37.0 Å². The summed E-state index contributed by atoms with van der Waals surface area (Å²) in [5, 5.41) is 17.5. The predicted octanol–water partition coefficient (Wildman–Crippen LogP) is 3.12. The highest BCUT2D eigenvalue weighted by atomic mass is 35.5. The van der Waals surface area contributed by atoms with E-state index < -0.39 is 17.5 Å². The molecule has 1 aromatic carbocycles. The summed E-state index contributed by atoms with van der Waals surface area (Å²) in [4.78, 5) is 38.3. The predicted molar refractivity (Wildman–Crippen MR) is 111 cm³/mol. The van der Waals surface area contributed by atoms with Crippen molar-refractivity contribution in [1.29, 1.82) is 5.26 Å². The van der Waals surface area contributed by atoms with Gasteiger partial charge in [0.25, 0.3) is 11.5 Å². The second kappa shape index (κ2) is 10.0. The fourth-order valence-electron chi connectivity index (χ4n) is 2.34. The minimum atomic E-state index is -0.896. The van der Waals surface area contributed by atoms with Gasteiger partial charge < -0.3 is 4.74 Å². The van der Waals surface area contributed by atoms with Gasteiger partial charge in [0.2, 0.25) is 17.5 Å². The van der Waals surface area contributed by atoms with Crippen LogP contribution in [0.15, 0.2) is 28.0 Å². The van der Waals surface area contributed by atoms with Crippen molar-refractivity contribution >= 4 is 40.7 Å². The van der Waals surface area contributed by atoms with Crippen LogP contribution in [0, 0.1) is 11.3 Å². The van der Waals surface area contributed by atoms with Crippen LogP contribution in [0.2, 0.25) is 10.0 Å². The third kappa shape index (κ3) is 5.89. The van der Waals surface area contributed by atoms with Gasteiger partial charge in [-0.3, -0.25) is 24.7 Å². The summed E-state index contributed by atoms with van der Waals surface area (Å²) in [6.45, 7) is 4.78. The number of aromatic nitrogens is 2. The highest BCUT2D eigenvalue weighted by molar-refractivity contribution is 6.47. The molecule has 0 spiro atoms. The lowest BCUT2D eigenvalue weighted by molar-refractivity contribution is -0.125. The summed E-state index contributed by atoms with van der Waals surface area (Å²) in [5.41, 5.74) is 0.213. The number of halogens is 2. The van der Waals surface area contributed by atoms with Crippen LogP contribution >= 0.6 is 23.2 Å². The molecule has 0 aliphatic rings. The first-order valence-electron chi connectivity index (χ1n) is 8.64. The quantitative estimate of drug-likeness (QED) is 0.649. The average molecular weight is 450 g/mol. The molecule has 2 amide bonds. The Morgan fingerprint density at radius 3 is 2.47 bits per heavy atom. The fourth-order valence-corrected chi connectivity index (χ4v) is 2.94. The molecule has 2 N–H and O–H groups in total. The number of hydrogen-bond acceptors (Lipinski definition) is 7. The Hall–Kier alpha value is -3.22. The molecule has 0 fully saturated rings. The van der Waals surface area contributed by atoms with Crippen LogP contribution in [0.4, 0.5) is 0 Å². The molecule has 0 aliphatic heterocycles. The monoisotopic (exact) mass is 449 g/mol. The number of aliphatic imine (C=N–C) groups is 1. The number of carbonyl (C=O) groups excluding carboxylic acids is 2. The maximum atomic E-state index is 11.8. The van der Waals surface area contributed by atoms with Gasteiger partial charge in [-0.2, -0.15) is 5.26 Å². The standard InChI is InChI=1S/C19H17Cl2N5O4/c1-9(2)12-6-16(25-26-18(12)28)30-17-13(20)4-11(5-14(17)21)8-23-15(7-22)19(29)24-10(3)27/h4-6,9H,8H2,1-3H3,(H,26,28)(H,24,27,29). The molecule has 0 unspecified atom stereocenters. The van der Waals surface area contributed by atoms with Crippen LogP contribution in [0.1, 0.15) is 37.8 Å². The van der Waals surface area contributed by atoms with Gasteiger partial charge in [-0.25, -0.2) is 5.10 Å². The number of amides is 2. The highest BCUT2D eigenvalue weighted by Crippen LogP contribution is 2.37. The Bertz CT molecular complexity index is 1100. The van der Waals surface area contributed by atoms with Gasteiger partial charge >= 0.3 is 0 Å². The highest BCUT2D eigenvalue weighted by Gasteiger charge is 2.15. The number of nitrogens with one attached hydrogen (secondary N) is 2. The largest absolute Gasteiger partial charge is 0.434 e. The van der Waals surface area contributed by atoms with E-state index in [2.05, 4.69) is 15.2 Å². The molecular weight excluding hydrogens is 433 g/mol. The molecule has 1 heterocycles. The van der Waals surface area contributed by atoms with Crippen LogP contribution in [-0.4, -0.2) is 27.7 Å². The SMILES string of the molecule is CC(=O)NC(=O)C(C#N)=NCc1cc(Cl)c(Oc2cc(C(C)C)c(=O)[nH]n2)c(Cl)c1. The Kier molecular flexibility index (Phi) is 7.69. The normalized spacial score (nSPS) is 11.2. The first-order valence-corrected chi connectivity index (χ1v) is 9.39. The number of hydrogen-bond donors (Lipinski definition) is 2.